The highest BCUT2D eigenvalue weighted by Crippen LogP contribution is 2.69. The number of rotatable bonds is 4. The van der Waals surface area contributed by atoms with E-state index in [1.54, 1.807) is 26.4 Å². The number of carbonyl (C=O) groups excluding carboxylic acids is 2. The molecule has 42 heavy (non-hydrogen) atoms. The predicted octanol–water partition coefficient (Wildman–Crippen LogP) is 6.17. The van der Waals surface area contributed by atoms with Gasteiger partial charge in [-0.1, -0.05) is 36.4 Å². The van der Waals surface area contributed by atoms with Crippen LogP contribution in [0.5, 0.6) is 11.5 Å². The Hall–Kier alpha value is -4.84. The van der Waals surface area contributed by atoms with Crippen LogP contribution in [0.25, 0.3) is 21.5 Å². The van der Waals surface area contributed by atoms with Crippen LogP contribution in [0.1, 0.15) is 102 Å². The van der Waals surface area contributed by atoms with Crippen molar-refractivity contribution in [2.24, 2.45) is 11.5 Å². The number of hydrogen-bond acceptors (Lipinski definition) is 4. The molecule has 5 aromatic rings. The lowest BCUT2D eigenvalue weighted by Gasteiger charge is -2.31. The fourth-order valence-electron chi connectivity index (χ4n) is 8.86. The summed E-state index contributed by atoms with van der Waals surface area (Å²) >= 11 is 0. The van der Waals surface area contributed by atoms with E-state index in [2.05, 4.69) is 24.3 Å². The minimum atomic E-state index is -0.416. The molecule has 4 aliphatic carbocycles. The van der Waals surface area contributed by atoms with Crippen molar-refractivity contribution in [2.45, 2.75) is 36.5 Å². The maximum absolute atomic E-state index is 11.9. The molecule has 0 heterocycles. The summed E-state index contributed by atoms with van der Waals surface area (Å²) in [4.78, 5) is 23.7. The number of ether oxygens (including phenoxy) is 2. The topological polar surface area (TPSA) is 105 Å². The molecule has 206 valence electrons. The van der Waals surface area contributed by atoms with Gasteiger partial charge in [0.15, 0.2) is 0 Å². The highest BCUT2D eigenvalue weighted by Gasteiger charge is 2.52. The maximum atomic E-state index is 11.9. The van der Waals surface area contributed by atoms with Gasteiger partial charge in [0.1, 0.15) is 11.5 Å². The van der Waals surface area contributed by atoms with Gasteiger partial charge in [-0.25, -0.2) is 0 Å². The van der Waals surface area contributed by atoms with Crippen LogP contribution in [-0.4, -0.2) is 26.0 Å². The number of nitrogens with two attached hydrogens (primary N) is 2. The normalized spacial score (nSPS) is 21.8. The highest BCUT2D eigenvalue weighted by molar-refractivity contribution is 5.99. The Morgan fingerprint density at radius 1 is 0.548 bits per heavy atom. The SMILES string of the molecule is COc1c2c(c(OC)c3c1[C@H]1C[C@@H]3c3cc4cc(C(N)=O)ccc4cc31)[C@H]1C[C@@H]2c2cc3ccc(C(N)=O)cc3cc21. The molecule has 0 unspecified atom stereocenters. The Morgan fingerprint density at radius 2 is 0.881 bits per heavy atom. The van der Waals surface area contributed by atoms with E-state index in [9.17, 15) is 9.59 Å². The second-order valence-electron chi connectivity index (χ2n) is 12.2. The first-order valence-electron chi connectivity index (χ1n) is 14.4. The number of primary amides is 2. The zero-order valence-corrected chi connectivity index (χ0v) is 23.3. The lowest BCUT2D eigenvalue weighted by atomic mass is 9.76. The molecule has 0 radical (unpaired) electrons. The van der Waals surface area contributed by atoms with Crippen molar-refractivity contribution in [3.8, 4) is 11.5 Å². The van der Waals surface area contributed by atoms with Crippen LogP contribution >= 0.6 is 0 Å². The number of benzene rings is 5. The third-order valence-corrected chi connectivity index (χ3v) is 10.5. The van der Waals surface area contributed by atoms with E-state index in [1.807, 2.05) is 24.3 Å². The number of methoxy groups -OCH3 is 2. The first-order chi connectivity index (χ1) is 20.4. The molecule has 0 spiro atoms. The Balaban J connectivity index is 1.25. The number of hydrogen-bond donors (Lipinski definition) is 2. The first-order valence-corrected chi connectivity index (χ1v) is 14.4. The summed E-state index contributed by atoms with van der Waals surface area (Å²) in [7, 11) is 3.60. The molecule has 6 heteroatoms. The fourth-order valence-corrected chi connectivity index (χ4v) is 8.86. The van der Waals surface area contributed by atoms with Gasteiger partial charge in [-0.05, 0) is 80.9 Å². The minimum absolute atomic E-state index is 0.198. The van der Waals surface area contributed by atoms with Crippen molar-refractivity contribution in [1.82, 2.24) is 0 Å². The van der Waals surface area contributed by atoms with Crippen LogP contribution in [0.4, 0.5) is 0 Å². The van der Waals surface area contributed by atoms with Crippen LogP contribution in [0.3, 0.4) is 0 Å². The molecule has 4 aliphatic rings. The number of carbonyl (C=O) groups is 2. The summed E-state index contributed by atoms with van der Waals surface area (Å²) in [5, 5.41) is 4.28. The Labute approximate surface area is 242 Å². The van der Waals surface area contributed by atoms with Crippen LogP contribution in [-0.2, 0) is 0 Å². The molecule has 0 fully saturated rings. The van der Waals surface area contributed by atoms with Gasteiger partial charge in [-0.3, -0.25) is 9.59 Å². The summed E-state index contributed by atoms with van der Waals surface area (Å²) in [6.07, 6.45) is 1.97. The van der Waals surface area contributed by atoms with Crippen LogP contribution in [0.15, 0.2) is 60.7 Å². The van der Waals surface area contributed by atoms with Crippen molar-refractivity contribution in [3.05, 3.63) is 116 Å². The number of amides is 2. The van der Waals surface area contributed by atoms with Gasteiger partial charge < -0.3 is 20.9 Å². The average Bonchev–Trinajstić information content (AvgIpc) is 3.75. The molecule has 4 N–H and O–H groups in total. The summed E-state index contributed by atoms with van der Waals surface area (Å²) < 4.78 is 12.7. The predicted molar refractivity (Wildman–Crippen MR) is 161 cm³/mol. The van der Waals surface area contributed by atoms with Gasteiger partial charge >= 0.3 is 0 Å². The van der Waals surface area contributed by atoms with E-state index < -0.39 is 11.8 Å². The molecule has 5 aromatic carbocycles. The Morgan fingerprint density at radius 3 is 1.19 bits per heavy atom. The van der Waals surface area contributed by atoms with E-state index in [0.29, 0.717) is 11.1 Å². The molecule has 4 atom stereocenters. The number of fused-ring (bicyclic) bond motifs is 18. The van der Waals surface area contributed by atoms with Crippen molar-refractivity contribution < 1.29 is 19.1 Å². The van der Waals surface area contributed by atoms with Crippen molar-refractivity contribution in [1.29, 1.82) is 0 Å². The molecular formula is C36H28N2O4. The van der Waals surface area contributed by atoms with Gasteiger partial charge in [0, 0.05) is 57.1 Å². The van der Waals surface area contributed by atoms with E-state index in [1.165, 1.54) is 44.5 Å². The molecule has 9 rings (SSSR count). The van der Waals surface area contributed by atoms with E-state index in [-0.39, 0.29) is 23.7 Å². The van der Waals surface area contributed by atoms with Gasteiger partial charge in [0.25, 0.3) is 0 Å². The summed E-state index contributed by atoms with van der Waals surface area (Å²) in [5.74, 6) is 2.04. The van der Waals surface area contributed by atoms with Crippen molar-refractivity contribution >= 4 is 33.4 Å². The van der Waals surface area contributed by atoms with Gasteiger partial charge in [0.2, 0.25) is 11.8 Å². The monoisotopic (exact) mass is 552 g/mol. The molecule has 4 bridgehead atoms. The molecule has 0 saturated heterocycles. The van der Waals surface area contributed by atoms with Crippen LogP contribution in [0.2, 0.25) is 0 Å². The summed E-state index contributed by atoms with van der Waals surface area (Å²) in [6, 6.07) is 20.5. The van der Waals surface area contributed by atoms with Crippen LogP contribution < -0.4 is 20.9 Å². The van der Waals surface area contributed by atoms with Gasteiger partial charge in [0.05, 0.1) is 14.2 Å². The third kappa shape index (κ3) is 2.79. The minimum Gasteiger partial charge on any atom is -0.496 e. The molecule has 2 amide bonds. The smallest absolute Gasteiger partial charge is 0.248 e. The second-order valence-corrected chi connectivity index (χ2v) is 12.2. The van der Waals surface area contributed by atoms with E-state index in [4.69, 9.17) is 20.9 Å². The standard InChI is InChI=1S/C36H28N2O4/c1-41-33-29-25-13-27(23-11-19-7-17(35(37)39)5-3-15(19)9-21(23)25)31(29)34(42-2)32-28-14-26(30(32)33)22-10-16-4-6-18(36(38)40)8-20(16)12-24(22)28/h3-12,25-28H,13-14H2,1-2H3,(H2,37,39)(H2,38,40)/t25-,26+,27+,28-. The van der Waals surface area contributed by atoms with E-state index >= 15 is 0 Å². The maximum Gasteiger partial charge on any atom is 0.248 e. The highest BCUT2D eigenvalue weighted by atomic mass is 16.5. The van der Waals surface area contributed by atoms with Crippen molar-refractivity contribution in [2.75, 3.05) is 14.2 Å². The van der Waals surface area contributed by atoms with Gasteiger partial charge in [-0.2, -0.15) is 0 Å². The first kappa shape index (κ1) is 23.8. The van der Waals surface area contributed by atoms with E-state index in [0.717, 1.165) is 45.9 Å². The van der Waals surface area contributed by atoms with Crippen molar-refractivity contribution in [3.63, 3.8) is 0 Å². The lowest BCUT2D eigenvalue weighted by Crippen LogP contribution is -2.14. The summed E-state index contributed by atoms with van der Waals surface area (Å²) in [5.41, 5.74) is 22.6. The fraction of sp³-hybridized carbons (Fsp3) is 0.222. The molecule has 6 nitrogen and oxygen atoms in total. The molecule has 0 aromatic heterocycles. The molecule has 0 aliphatic heterocycles. The average molecular weight is 553 g/mol. The Bertz CT molecular complexity index is 1970. The largest absolute Gasteiger partial charge is 0.496 e. The molecule has 0 saturated carbocycles. The second kappa shape index (κ2) is 7.91. The molecular weight excluding hydrogens is 524 g/mol. The quantitative estimate of drug-likeness (QED) is 0.278. The zero-order chi connectivity index (χ0) is 28.6. The third-order valence-electron chi connectivity index (χ3n) is 10.5. The summed E-state index contributed by atoms with van der Waals surface area (Å²) in [6.45, 7) is 0. The Kier molecular flexibility index (Phi) is 4.49. The van der Waals surface area contributed by atoms with Gasteiger partial charge in [-0.15, -0.1) is 0 Å². The lowest BCUT2D eigenvalue weighted by molar-refractivity contribution is 0.0992. The van der Waals surface area contributed by atoms with Crippen LogP contribution in [0, 0.1) is 0 Å². The zero-order valence-electron chi connectivity index (χ0n) is 23.3.